The Morgan fingerprint density at radius 2 is 1.29 bits per heavy atom. The Bertz CT molecular complexity index is 12.1. The molecule has 0 bridgehead atoms. The number of alkyl halides is 2. The molecule has 0 aliphatic carbocycles. The predicted molar refractivity (Wildman–Crippen MR) is 34.1 cm³/mol. The Balaban J connectivity index is -0.0000000400. The Hall–Kier alpha value is 1.40. The van der Waals surface area contributed by atoms with Gasteiger partial charge in [-0.25, -0.2) is 0 Å². The van der Waals surface area contributed by atoms with E-state index in [1.807, 2.05) is 0 Å². The van der Waals surface area contributed by atoms with Crippen LogP contribution in [0.3, 0.4) is 0 Å². The fourth-order valence-corrected chi connectivity index (χ4v) is 0. The second-order valence-corrected chi connectivity index (χ2v) is 2.64. The molecule has 0 radical (unpaired) electrons. The Morgan fingerprint density at radius 1 is 1.29 bits per heavy atom. The van der Waals surface area contributed by atoms with Crippen molar-refractivity contribution in [3.63, 3.8) is 0 Å². The van der Waals surface area contributed by atoms with Gasteiger partial charge in [-0.3, -0.25) is 0 Å². The third-order valence-corrected chi connectivity index (χ3v) is 0. The molecule has 0 heterocycles. The van der Waals surface area contributed by atoms with Gasteiger partial charge in [-0.05, 0) is 0 Å². The van der Waals surface area contributed by atoms with Crippen LogP contribution in [0, 0.1) is 0 Å². The summed E-state index contributed by atoms with van der Waals surface area (Å²) in [4.78, 5) is 0. The molecule has 0 aromatic rings. The summed E-state index contributed by atoms with van der Waals surface area (Å²) in [6.07, 6.45) is 0. The summed E-state index contributed by atoms with van der Waals surface area (Å²) in [7, 11) is 0. The van der Waals surface area contributed by atoms with Gasteiger partial charge in [0, 0.05) is 0 Å². The van der Waals surface area contributed by atoms with Crippen LogP contribution in [0.25, 0.3) is 0 Å². The topological polar surface area (TPSA) is 0 Å². The first-order valence-corrected chi connectivity index (χ1v) is 5.07. The first-order chi connectivity index (χ1) is 2.83. The molecule has 7 heavy (non-hydrogen) atoms. The zero-order valence-corrected chi connectivity index (χ0v) is 7.84. The molecule has 0 saturated carbocycles. The van der Waals surface area contributed by atoms with Gasteiger partial charge in [0.05, 0.1) is 5.34 Å². The molecule has 0 rings (SSSR count). The fraction of sp³-hybridized carbons (Fsp3) is 1.00. The van der Waals surface area contributed by atoms with Crippen molar-refractivity contribution in [2.75, 3.05) is 5.34 Å². The summed E-state index contributed by atoms with van der Waals surface area (Å²) >= 11 is 10.3. The van der Waals surface area contributed by atoms with Gasteiger partial charge in [-0.2, -0.15) is 0 Å². The third kappa shape index (κ3) is 110. The normalized spacial score (nSPS) is 4.00. The largest absolute Gasteiger partial charge is 1.00 e. The average Bonchev–Trinajstić information content (AvgIpc) is 1.39. The minimum Gasteiger partial charge on any atom is -1.00 e. The Labute approximate surface area is 67.7 Å². The molecule has 0 atom stereocenters. The summed E-state index contributed by atoms with van der Waals surface area (Å²) in [5.41, 5.74) is 0. The van der Waals surface area contributed by atoms with Crippen molar-refractivity contribution >= 4 is 38.4 Å². The van der Waals surface area contributed by atoms with Gasteiger partial charge >= 0.3 is 26.8 Å². The number of rotatable bonds is 0. The van der Waals surface area contributed by atoms with Gasteiger partial charge in [0.15, 0.2) is 0 Å². The quantitative estimate of drug-likeness (QED) is 0.336. The molecule has 0 N–H and O–H groups in total. The van der Waals surface area contributed by atoms with Gasteiger partial charge in [-0.1, -0.05) is 0 Å². The van der Waals surface area contributed by atoms with Crippen molar-refractivity contribution in [1.82, 2.24) is 0 Å². The van der Waals surface area contributed by atoms with Crippen LogP contribution < -0.4 is 12.4 Å². The van der Waals surface area contributed by atoms with Gasteiger partial charge in [0.2, 0.25) is 0 Å². The zero-order valence-electron chi connectivity index (χ0n) is 4.42. The molecule has 0 spiro atoms. The monoisotopic (exact) mass is 176 g/mol. The van der Waals surface area contributed by atoms with Crippen molar-refractivity contribution in [3.05, 3.63) is 0 Å². The van der Waals surface area contributed by atoms with Crippen LogP contribution >= 0.6 is 23.2 Å². The molecule has 44 valence electrons. The molecule has 0 aromatic carbocycles. The Morgan fingerprint density at radius 3 is 1.29 bits per heavy atom. The molecule has 0 amide bonds. The number of hydrogen-bond donors (Lipinski definition) is 0. The second-order valence-electron chi connectivity index (χ2n) is 0.678. The molecule has 0 aliphatic heterocycles. The van der Waals surface area contributed by atoms with Crippen molar-refractivity contribution in [1.29, 1.82) is 0 Å². The van der Waals surface area contributed by atoms with Crippen LogP contribution in [0.15, 0.2) is 0 Å². The minimum atomic E-state index is 0. The molecule has 0 saturated heterocycles. The van der Waals surface area contributed by atoms with Crippen molar-refractivity contribution in [2.45, 2.75) is 11.6 Å². The summed E-state index contributed by atoms with van der Waals surface area (Å²) in [6.45, 7) is 0. The van der Waals surface area contributed by atoms with Gasteiger partial charge in [0.1, 0.15) is 0 Å². The maximum atomic E-state index is 4.76. The summed E-state index contributed by atoms with van der Waals surface area (Å²) < 4.78 is 0. The van der Waals surface area contributed by atoms with Crippen LogP contribution in [0.1, 0.15) is 0 Å². The molecular formula is C3H8AlCl3. The Kier molecular flexibility index (Phi) is 59.1. The first-order valence-electron chi connectivity index (χ1n) is 1.69. The third-order valence-electron chi connectivity index (χ3n) is 0. The van der Waals surface area contributed by atoms with E-state index >= 15 is 0 Å². The van der Waals surface area contributed by atoms with Crippen molar-refractivity contribution in [2.24, 2.45) is 0 Å². The van der Waals surface area contributed by atoms with Gasteiger partial charge < -0.3 is 12.4 Å². The van der Waals surface area contributed by atoms with Crippen molar-refractivity contribution in [3.8, 4) is 0 Å². The van der Waals surface area contributed by atoms with E-state index < -0.39 is 0 Å². The SMILES string of the molecule is ClCCl.[CH3][Al+][CH3].[Cl-]. The van der Waals surface area contributed by atoms with E-state index in [0.717, 1.165) is 15.2 Å². The van der Waals surface area contributed by atoms with E-state index in [4.69, 9.17) is 23.2 Å². The first kappa shape index (κ1) is 15.8. The maximum absolute atomic E-state index is 4.76. The summed E-state index contributed by atoms with van der Waals surface area (Å²) in [5, 5.41) is 0.194. The maximum Gasteiger partial charge on any atom is -1.00 e. The molecule has 4 heteroatoms. The van der Waals surface area contributed by atoms with Crippen LogP contribution in [-0.2, 0) is 0 Å². The second kappa shape index (κ2) is 26.2. The summed E-state index contributed by atoms with van der Waals surface area (Å²) in [6, 6.07) is 0. The van der Waals surface area contributed by atoms with E-state index in [0.29, 0.717) is 0 Å². The number of hydrogen-bond acceptors (Lipinski definition) is 0. The van der Waals surface area contributed by atoms with E-state index in [-0.39, 0.29) is 17.7 Å². The fourth-order valence-electron chi connectivity index (χ4n) is 0. The van der Waals surface area contributed by atoms with Crippen LogP contribution in [-0.4, -0.2) is 20.6 Å². The van der Waals surface area contributed by atoms with E-state index in [1.165, 1.54) is 0 Å². The van der Waals surface area contributed by atoms with E-state index in [2.05, 4.69) is 11.6 Å². The standard InChI is InChI=1S/CH2Cl2.2CH3.Al.ClH/c2-1-3;;;;/h1H2;2*1H3;;1H/q;;;+1;/p-1. The molecule has 0 unspecified atom stereocenters. The molecule has 0 nitrogen and oxygen atoms in total. The molecule has 0 aliphatic rings. The van der Waals surface area contributed by atoms with Crippen LogP contribution in [0.4, 0.5) is 0 Å². The van der Waals surface area contributed by atoms with Gasteiger partial charge in [-0.15, -0.1) is 23.2 Å². The van der Waals surface area contributed by atoms with Crippen molar-refractivity contribution < 1.29 is 12.4 Å². The molecular weight excluding hydrogens is 169 g/mol. The number of halogens is 3. The van der Waals surface area contributed by atoms with E-state index in [1.54, 1.807) is 0 Å². The smallest absolute Gasteiger partial charge is 1.00 e. The van der Waals surface area contributed by atoms with Crippen LogP contribution in [0.5, 0.6) is 0 Å². The summed E-state index contributed by atoms with van der Waals surface area (Å²) in [5.74, 6) is 4.42. The molecule has 0 aromatic heterocycles. The molecule has 0 fully saturated rings. The predicted octanol–water partition coefficient (Wildman–Crippen LogP) is -0.788. The van der Waals surface area contributed by atoms with E-state index in [9.17, 15) is 0 Å². The zero-order chi connectivity index (χ0) is 5.41. The minimum absolute atomic E-state index is 0. The van der Waals surface area contributed by atoms with Gasteiger partial charge in [0.25, 0.3) is 0 Å². The average molecular weight is 177 g/mol. The van der Waals surface area contributed by atoms with Crippen LogP contribution in [0.2, 0.25) is 11.6 Å².